The molecule has 0 fully saturated rings. The molecule has 0 saturated carbocycles. The molecule has 0 saturated heterocycles. The molecule has 0 spiro atoms. The quantitative estimate of drug-likeness (QED) is 0.683. The van der Waals surface area contributed by atoms with E-state index in [2.05, 4.69) is 0 Å². The van der Waals surface area contributed by atoms with Gasteiger partial charge >= 0.3 is 0 Å². The van der Waals surface area contributed by atoms with E-state index < -0.39 is 0 Å². The standard InChI is InChI=1S/C16H18O3/c1-8-6-5-7-12(17)13(8)14-11(4)15(18)9(2)10(3)16(14)19/h5-7,17-19H,1-4H3. The molecule has 100 valence electrons. The molecule has 0 atom stereocenters. The highest BCUT2D eigenvalue weighted by Gasteiger charge is 2.21. The van der Waals surface area contributed by atoms with Crippen molar-refractivity contribution in [1.82, 2.24) is 0 Å². The maximum absolute atomic E-state index is 10.4. The zero-order valence-corrected chi connectivity index (χ0v) is 11.6. The third-order valence-corrected chi connectivity index (χ3v) is 3.74. The lowest BCUT2D eigenvalue weighted by molar-refractivity contribution is 0.449. The average molecular weight is 258 g/mol. The second-order valence-corrected chi connectivity index (χ2v) is 4.92. The van der Waals surface area contributed by atoms with Gasteiger partial charge in [0.25, 0.3) is 0 Å². The molecule has 0 aromatic heterocycles. The van der Waals surface area contributed by atoms with Crippen LogP contribution in [0, 0.1) is 27.7 Å². The van der Waals surface area contributed by atoms with Crippen LogP contribution >= 0.6 is 0 Å². The largest absolute Gasteiger partial charge is 0.507 e. The van der Waals surface area contributed by atoms with E-state index in [9.17, 15) is 15.3 Å². The topological polar surface area (TPSA) is 60.7 Å². The van der Waals surface area contributed by atoms with E-state index in [0.29, 0.717) is 27.8 Å². The molecular weight excluding hydrogens is 240 g/mol. The molecule has 0 bridgehead atoms. The number of aryl methyl sites for hydroxylation is 1. The molecule has 0 radical (unpaired) electrons. The maximum Gasteiger partial charge on any atom is 0.127 e. The highest BCUT2D eigenvalue weighted by atomic mass is 16.3. The van der Waals surface area contributed by atoms with E-state index in [-0.39, 0.29) is 17.2 Å². The van der Waals surface area contributed by atoms with Gasteiger partial charge < -0.3 is 15.3 Å². The number of rotatable bonds is 1. The molecule has 3 heteroatoms. The zero-order chi connectivity index (χ0) is 14.3. The van der Waals surface area contributed by atoms with Gasteiger partial charge in [0.1, 0.15) is 17.2 Å². The van der Waals surface area contributed by atoms with E-state index in [1.807, 2.05) is 13.0 Å². The summed E-state index contributed by atoms with van der Waals surface area (Å²) >= 11 is 0. The molecular formula is C16H18O3. The van der Waals surface area contributed by atoms with Crippen LogP contribution in [-0.4, -0.2) is 15.3 Å². The number of aromatic hydroxyl groups is 3. The van der Waals surface area contributed by atoms with E-state index >= 15 is 0 Å². The SMILES string of the molecule is Cc1cccc(O)c1-c1c(C)c(O)c(C)c(C)c1O. The van der Waals surface area contributed by atoms with Crippen molar-refractivity contribution >= 4 is 0 Å². The number of hydrogen-bond donors (Lipinski definition) is 3. The van der Waals surface area contributed by atoms with Gasteiger partial charge in [0.2, 0.25) is 0 Å². The Labute approximate surface area is 112 Å². The van der Waals surface area contributed by atoms with Crippen LogP contribution in [0.15, 0.2) is 18.2 Å². The van der Waals surface area contributed by atoms with Crippen LogP contribution in [0.3, 0.4) is 0 Å². The summed E-state index contributed by atoms with van der Waals surface area (Å²) in [5.41, 5.74) is 3.77. The van der Waals surface area contributed by atoms with Crippen molar-refractivity contribution in [1.29, 1.82) is 0 Å². The second-order valence-electron chi connectivity index (χ2n) is 4.92. The predicted octanol–water partition coefficient (Wildman–Crippen LogP) is 3.70. The number of benzene rings is 2. The van der Waals surface area contributed by atoms with Crippen molar-refractivity contribution in [2.24, 2.45) is 0 Å². The van der Waals surface area contributed by atoms with Crippen LogP contribution in [0.2, 0.25) is 0 Å². The average Bonchev–Trinajstić information content (AvgIpc) is 2.37. The fourth-order valence-electron chi connectivity index (χ4n) is 2.40. The molecule has 3 N–H and O–H groups in total. The summed E-state index contributed by atoms with van der Waals surface area (Å²) in [4.78, 5) is 0. The van der Waals surface area contributed by atoms with E-state index in [0.717, 1.165) is 5.56 Å². The van der Waals surface area contributed by atoms with Gasteiger partial charge in [0.05, 0.1) is 0 Å². The number of phenolic OH excluding ortho intramolecular Hbond substituents is 3. The van der Waals surface area contributed by atoms with Crippen LogP contribution < -0.4 is 0 Å². The monoisotopic (exact) mass is 258 g/mol. The van der Waals surface area contributed by atoms with Gasteiger partial charge in [-0.15, -0.1) is 0 Å². The normalized spacial score (nSPS) is 10.7. The highest BCUT2D eigenvalue weighted by molar-refractivity contribution is 5.84. The molecule has 3 nitrogen and oxygen atoms in total. The van der Waals surface area contributed by atoms with Gasteiger partial charge in [-0.25, -0.2) is 0 Å². The second kappa shape index (κ2) is 4.50. The van der Waals surface area contributed by atoms with E-state index in [1.54, 1.807) is 32.9 Å². The molecule has 2 aromatic rings. The molecule has 0 amide bonds. The van der Waals surface area contributed by atoms with E-state index in [1.165, 1.54) is 0 Å². The lowest BCUT2D eigenvalue weighted by Gasteiger charge is -2.18. The number of hydrogen-bond acceptors (Lipinski definition) is 3. The fraction of sp³-hybridized carbons (Fsp3) is 0.250. The Kier molecular flexibility index (Phi) is 3.14. The van der Waals surface area contributed by atoms with E-state index in [4.69, 9.17) is 0 Å². The Hall–Kier alpha value is -2.16. The van der Waals surface area contributed by atoms with Gasteiger partial charge in [-0.3, -0.25) is 0 Å². The minimum absolute atomic E-state index is 0.0982. The molecule has 2 aromatic carbocycles. The van der Waals surface area contributed by atoms with Crippen molar-refractivity contribution in [3.05, 3.63) is 40.5 Å². The molecule has 0 aliphatic rings. The summed E-state index contributed by atoms with van der Waals surface area (Å²) in [5.74, 6) is 0.367. The minimum Gasteiger partial charge on any atom is -0.507 e. The van der Waals surface area contributed by atoms with Crippen molar-refractivity contribution in [3.8, 4) is 28.4 Å². The fourth-order valence-corrected chi connectivity index (χ4v) is 2.40. The summed E-state index contributed by atoms with van der Waals surface area (Å²) in [6.07, 6.45) is 0. The Morgan fingerprint density at radius 2 is 1.26 bits per heavy atom. The summed E-state index contributed by atoms with van der Waals surface area (Å²) in [6.45, 7) is 7.12. The summed E-state index contributed by atoms with van der Waals surface area (Å²) < 4.78 is 0. The Morgan fingerprint density at radius 3 is 1.84 bits per heavy atom. The van der Waals surface area contributed by atoms with Gasteiger partial charge in [-0.2, -0.15) is 0 Å². The molecule has 0 aliphatic heterocycles. The molecule has 0 unspecified atom stereocenters. The molecule has 2 rings (SSSR count). The van der Waals surface area contributed by atoms with Crippen molar-refractivity contribution in [2.75, 3.05) is 0 Å². The smallest absolute Gasteiger partial charge is 0.127 e. The molecule has 0 heterocycles. The lowest BCUT2D eigenvalue weighted by atomic mass is 9.90. The van der Waals surface area contributed by atoms with Crippen molar-refractivity contribution in [2.45, 2.75) is 27.7 Å². The van der Waals surface area contributed by atoms with Crippen LogP contribution in [0.5, 0.6) is 17.2 Å². The molecule has 0 aliphatic carbocycles. The minimum atomic E-state index is 0.0982. The van der Waals surface area contributed by atoms with Crippen LogP contribution in [-0.2, 0) is 0 Å². The Morgan fingerprint density at radius 1 is 0.684 bits per heavy atom. The van der Waals surface area contributed by atoms with Gasteiger partial charge in [-0.05, 0) is 50.5 Å². The van der Waals surface area contributed by atoms with Crippen molar-refractivity contribution in [3.63, 3.8) is 0 Å². The summed E-state index contributed by atoms with van der Waals surface area (Å²) in [6, 6.07) is 5.19. The third-order valence-electron chi connectivity index (χ3n) is 3.74. The first-order valence-corrected chi connectivity index (χ1v) is 6.16. The summed E-state index contributed by atoms with van der Waals surface area (Å²) in [5, 5.41) is 30.6. The Bertz CT molecular complexity index is 608. The van der Waals surface area contributed by atoms with Crippen LogP contribution in [0.1, 0.15) is 22.3 Å². The first-order valence-electron chi connectivity index (χ1n) is 6.16. The van der Waals surface area contributed by atoms with Crippen LogP contribution in [0.4, 0.5) is 0 Å². The van der Waals surface area contributed by atoms with Crippen LogP contribution in [0.25, 0.3) is 11.1 Å². The number of phenols is 3. The Balaban J connectivity index is 2.92. The van der Waals surface area contributed by atoms with Gasteiger partial charge in [-0.1, -0.05) is 12.1 Å². The first-order chi connectivity index (χ1) is 8.86. The maximum atomic E-state index is 10.4. The highest BCUT2D eigenvalue weighted by Crippen LogP contribution is 2.46. The third kappa shape index (κ3) is 1.91. The summed E-state index contributed by atoms with van der Waals surface area (Å²) in [7, 11) is 0. The lowest BCUT2D eigenvalue weighted by Crippen LogP contribution is -1.94. The van der Waals surface area contributed by atoms with Gasteiger partial charge in [0.15, 0.2) is 0 Å². The predicted molar refractivity (Wildman–Crippen MR) is 75.8 cm³/mol. The molecule has 19 heavy (non-hydrogen) atoms. The zero-order valence-electron chi connectivity index (χ0n) is 11.6. The van der Waals surface area contributed by atoms with Crippen molar-refractivity contribution < 1.29 is 15.3 Å². The van der Waals surface area contributed by atoms with Gasteiger partial charge in [0, 0.05) is 16.7 Å². The first kappa shape index (κ1) is 13.3.